The van der Waals surface area contributed by atoms with Crippen LogP contribution in [0.3, 0.4) is 0 Å². The van der Waals surface area contributed by atoms with Gasteiger partial charge >= 0.3 is 0 Å². The molecule has 0 aliphatic carbocycles. The summed E-state index contributed by atoms with van der Waals surface area (Å²) in [5.74, 6) is 0.728. The van der Waals surface area contributed by atoms with E-state index in [9.17, 15) is 13.2 Å². The number of nitrogens with zero attached hydrogens (tertiary/aromatic N) is 2. The Morgan fingerprint density at radius 2 is 1.61 bits per heavy atom. The van der Waals surface area contributed by atoms with Crippen molar-refractivity contribution >= 4 is 21.7 Å². The minimum Gasteiger partial charge on any atom is -0.312 e. The number of carbonyl (C=O) groups is 1. The number of hydrogen-bond acceptors (Lipinski definition) is 4. The Kier molecular flexibility index (Phi) is 9.43. The molecule has 0 spiro atoms. The molecule has 6 nitrogen and oxygen atoms in total. The van der Waals surface area contributed by atoms with Gasteiger partial charge in [0, 0.05) is 25.2 Å². The SMILES string of the molecule is Cc1ccc(S(=O)(=O)O)cc1.Cc1ccccc1CCC(=O)N1CC(CN(C)C)Cc2ccccc21. The van der Waals surface area contributed by atoms with Crippen LogP contribution in [-0.2, 0) is 27.8 Å². The van der Waals surface area contributed by atoms with Crippen LogP contribution < -0.4 is 4.90 Å². The normalized spacial score (nSPS) is 15.2. The number of amides is 1. The molecule has 1 heterocycles. The first-order valence-electron chi connectivity index (χ1n) is 12.2. The van der Waals surface area contributed by atoms with Crippen molar-refractivity contribution in [3.63, 3.8) is 0 Å². The molecule has 1 aliphatic rings. The third kappa shape index (κ3) is 7.75. The van der Waals surface area contributed by atoms with Crippen molar-refractivity contribution in [2.45, 2.75) is 38.0 Å². The summed E-state index contributed by atoms with van der Waals surface area (Å²) in [4.78, 5) is 17.2. The largest absolute Gasteiger partial charge is 0.312 e. The van der Waals surface area contributed by atoms with E-state index in [2.05, 4.69) is 62.3 Å². The van der Waals surface area contributed by atoms with Crippen molar-refractivity contribution in [1.82, 2.24) is 4.90 Å². The highest BCUT2D eigenvalue weighted by molar-refractivity contribution is 7.85. The van der Waals surface area contributed by atoms with Crippen LogP contribution in [0.25, 0.3) is 0 Å². The number of rotatable bonds is 6. The Morgan fingerprint density at radius 1 is 0.972 bits per heavy atom. The maximum Gasteiger partial charge on any atom is 0.294 e. The van der Waals surface area contributed by atoms with Crippen molar-refractivity contribution < 1.29 is 17.8 Å². The Balaban J connectivity index is 0.000000275. The van der Waals surface area contributed by atoms with Gasteiger partial charge in [0.15, 0.2) is 0 Å². The van der Waals surface area contributed by atoms with E-state index in [-0.39, 0.29) is 10.8 Å². The molecule has 0 bridgehead atoms. The van der Waals surface area contributed by atoms with Gasteiger partial charge in [0.2, 0.25) is 5.91 Å². The van der Waals surface area contributed by atoms with Crippen LogP contribution in [0.1, 0.15) is 28.7 Å². The second-order valence-corrected chi connectivity index (χ2v) is 11.1. The van der Waals surface area contributed by atoms with Crippen molar-refractivity contribution in [2.24, 2.45) is 5.92 Å². The van der Waals surface area contributed by atoms with Gasteiger partial charge in [0.05, 0.1) is 4.90 Å². The fourth-order valence-corrected chi connectivity index (χ4v) is 5.01. The summed E-state index contributed by atoms with van der Waals surface area (Å²) >= 11 is 0. The maximum absolute atomic E-state index is 13.0. The molecule has 192 valence electrons. The number of aryl methyl sites for hydroxylation is 3. The number of benzene rings is 3. The molecular formula is C29H36N2O4S. The lowest BCUT2D eigenvalue weighted by Gasteiger charge is -2.36. The summed E-state index contributed by atoms with van der Waals surface area (Å²) in [7, 11) is 0.184. The third-order valence-corrected chi connectivity index (χ3v) is 7.21. The van der Waals surface area contributed by atoms with Crippen molar-refractivity contribution in [3.05, 3.63) is 95.1 Å². The number of carbonyl (C=O) groups excluding carboxylic acids is 1. The van der Waals surface area contributed by atoms with Gasteiger partial charge in [-0.25, -0.2) is 0 Å². The summed E-state index contributed by atoms with van der Waals surface area (Å²) < 4.78 is 29.6. The van der Waals surface area contributed by atoms with Crippen LogP contribution in [0.5, 0.6) is 0 Å². The molecule has 1 unspecified atom stereocenters. The molecule has 1 aliphatic heterocycles. The van der Waals surface area contributed by atoms with Crippen molar-refractivity contribution in [3.8, 4) is 0 Å². The summed E-state index contributed by atoms with van der Waals surface area (Å²) in [5.41, 5.74) is 5.89. The van der Waals surface area contributed by atoms with Crippen LogP contribution in [0.4, 0.5) is 5.69 Å². The van der Waals surface area contributed by atoms with E-state index >= 15 is 0 Å². The molecule has 4 rings (SSSR count). The number of hydrogen-bond donors (Lipinski definition) is 1. The van der Waals surface area contributed by atoms with E-state index in [1.807, 2.05) is 24.0 Å². The van der Waals surface area contributed by atoms with Gasteiger partial charge in [-0.1, -0.05) is 60.2 Å². The van der Waals surface area contributed by atoms with Crippen molar-refractivity contribution in [1.29, 1.82) is 0 Å². The number of para-hydroxylation sites is 1. The molecule has 3 aromatic carbocycles. The summed E-state index contributed by atoms with van der Waals surface area (Å²) in [6.45, 7) is 5.79. The predicted molar refractivity (Wildman–Crippen MR) is 145 cm³/mol. The molecule has 0 fully saturated rings. The molecule has 3 aromatic rings. The van der Waals surface area contributed by atoms with Crippen LogP contribution in [0.2, 0.25) is 0 Å². The fourth-order valence-electron chi connectivity index (χ4n) is 4.53. The van der Waals surface area contributed by atoms with Crippen molar-refractivity contribution in [2.75, 3.05) is 32.1 Å². The molecule has 1 amide bonds. The lowest BCUT2D eigenvalue weighted by atomic mass is 9.91. The smallest absolute Gasteiger partial charge is 0.294 e. The van der Waals surface area contributed by atoms with Gasteiger partial charge in [-0.15, -0.1) is 0 Å². The molecule has 36 heavy (non-hydrogen) atoms. The lowest BCUT2D eigenvalue weighted by molar-refractivity contribution is -0.118. The van der Waals surface area contributed by atoms with E-state index in [1.54, 1.807) is 12.1 Å². The highest BCUT2D eigenvalue weighted by atomic mass is 32.2. The molecule has 1 N–H and O–H groups in total. The van der Waals surface area contributed by atoms with Gasteiger partial charge in [-0.05, 0) is 81.6 Å². The van der Waals surface area contributed by atoms with Crippen LogP contribution >= 0.6 is 0 Å². The average molecular weight is 509 g/mol. The summed E-state index contributed by atoms with van der Waals surface area (Å²) in [5, 5.41) is 0. The van der Waals surface area contributed by atoms with Gasteiger partial charge in [0.25, 0.3) is 10.1 Å². The zero-order valence-corrected chi connectivity index (χ0v) is 22.3. The van der Waals surface area contributed by atoms with E-state index in [0.29, 0.717) is 12.3 Å². The second kappa shape index (κ2) is 12.3. The lowest BCUT2D eigenvalue weighted by Crippen LogP contribution is -2.43. The topological polar surface area (TPSA) is 77.9 Å². The molecule has 0 saturated heterocycles. The maximum atomic E-state index is 13.0. The quantitative estimate of drug-likeness (QED) is 0.478. The molecule has 0 saturated carbocycles. The first-order chi connectivity index (χ1) is 17.0. The zero-order chi connectivity index (χ0) is 26.3. The molecular weight excluding hydrogens is 472 g/mol. The Morgan fingerprint density at radius 3 is 2.25 bits per heavy atom. The van der Waals surface area contributed by atoms with Gasteiger partial charge < -0.3 is 9.80 Å². The molecule has 7 heteroatoms. The number of anilines is 1. The second-order valence-electron chi connectivity index (χ2n) is 9.68. The molecule has 0 aromatic heterocycles. The first kappa shape index (κ1) is 27.6. The monoisotopic (exact) mass is 508 g/mol. The Labute approximate surface area is 215 Å². The van der Waals surface area contributed by atoms with Crippen LogP contribution in [0.15, 0.2) is 77.7 Å². The zero-order valence-electron chi connectivity index (χ0n) is 21.5. The first-order valence-corrected chi connectivity index (χ1v) is 13.6. The van der Waals surface area contributed by atoms with E-state index in [1.165, 1.54) is 28.8 Å². The van der Waals surface area contributed by atoms with Crippen LogP contribution in [-0.4, -0.2) is 51.0 Å². The summed E-state index contributed by atoms with van der Waals surface area (Å²) in [6, 6.07) is 22.7. The summed E-state index contributed by atoms with van der Waals surface area (Å²) in [6.07, 6.45) is 2.42. The number of fused-ring (bicyclic) bond motifs is 1. The molecule has 1 atom stereocenters. The van der Waals surface area contributed by atoms with E-state index < -0.39 is 10.1 Å². The minimum absolute atomic E-state index is 0.0666. The van der Waals surface area contributed by atoms with Gasteiger partial charge in [0.1, 0.15) is 0 Å². The predicted octanol–water partition coefficient (Wildman–Crippen LogP) is 4.94. The van der Waals surface area contributed by atoms with E-state index in [0.717, 1.165) is 37.2 Å². The molecule has 0 radical (unpaired) electrons. The average Bonchev–Trinajstić information content (AvgIpc) is 2.82. The minimum atomic E-state index is -4.02. The highest BCUT2D eigenvalue weighted by Gasteiger charge is 2.28. The Bertz CT molecular complexity index is 1270. The van der Waals surface area contributed by atoms with E-state index in [4.69, 9.17) is 4.55 Å². The standard InChI is InChI=1S/C22H28N2O.C7H8O3S/c1-17-8-4-5-9-19(17)12-13-22(25)24-16-18(15-23(2)3)14-20-10-6-7-11-21(20)24;1-6-2-4-7(5-3-6)11(8,9)10/h4-11,18H,12-16H2,1-3H3;2-5H,1H3,(H,8,9,10). The van der Waals surface area contributed by atoms with Gasteiger partial charge in [-0.3, -0.25) is 9.35 Å². The highest BCUT2D eigenvalue weighted by Crippen LogP contribution is 2.30. The Hall–Kier alpha value is -3.00. The third-order valence-electron chi connectivity index (χ3n) is 6.34. The van der Waals surface area contributed by atoms with Gasteiger partial charge in [-0.2, -0.15) is 8.42 Å². The van der Waals surface area contributed by atoms with Crippen LogP contribution in [0, 0.1) is 19.8 Å². The fraction of sp³-hybridized carbons (Fsp3) is 0.345.